The van der Waals surface area contributed by atoms with Crippen LogP contribution in [0.5, 0.6) is 0 Å². The number of halogens is 1. The first kappa shape index (κ1) is 21.3. The minimum Gasteiger partial charge on any atom is -0.350 e. The van der Waals surface area contributed by atoms with Crippen molar-refractivity contribution < 1.29 is 9.59 Å². The lowest BCUT2D eigenvalue weighted by atomic mass is 10.0. The molecule has 0 saturated carbocycles. The zero-order chi connectivity index (χ0) is 21.3. The molecule has 0 saturated heterocycles. The van der Waals surface area contributed by atoms with Gasteiger partial charge in [-0.25, -0.2) is 0 Å². The lowest BCUT2D eigenvalue weighted by Crippen LogP contribution is -2.44. The van der Waals surface area contributed by atoms with E-state index in [0.29, 0.717) is 17.1 Å². The van der Waals surface area contributed by atoms with Crippen LogP contribution in [0, 0.1) is 0 Å². The Labute approximate surface area is 181 Å². The molecule has 1 aromatic heterocycles. The molecular weight excluding hydrogens is 398 g/mol. The van der Waals surface area contributed by atoms with Gasteiger partial charge in [-0.05, 0) is 35.4 Å². The summed E-state index contributed by atoms with van der Waals surface area (Å²) in [6.45, 7) is 4.29. The Morgan fingerprint density at radius 1 is 1.03 bits per heavy atom. The summed E-state index contributed by atoms with van der Waals surface area (Å²) in [7, 11) is 0. The van der Waals surface area contributed by atoms with Crippen molar-refractivity contribution in [3.8, 4) is 0 Å². The summed E-state index contributed by atoms with van der Waals surface area (Å²) in [5.41, 5.74) is 1.87. The molecular formula is C24H22ClN3O2. The highest BCUT2D eigenvalue weighted by Crippen LogP contribution is 2.25. The third-order valence-electron chi connectivity index (χ3n) is 4.53. The molecule has 2 aromatic carbocycles. The van der Waals surface area contributed by atoms with Crippen LogP contribution in [0.25, 0.3) is 0 Å². The van der Waals surface area contributed by atoms with E-state index in [0.717, 1.165) is 5.56 Å². The Balaban J connectivity index is 1.93. The fourth-order valence-electron chi connectivity index (χ4n) is 3.08. The quantitative estimate of drug-likeness (QED) is 0.550. The highest BCUT2D eigenvalue weighted by Gasteiger charge is 2.31. The van der Waals surface area contributed by atoms with Gasteiger partial charge in [0, 0.05) is 24.3 Å². The van der Waals surface area contributed by atoms with Crippen molar-refractivity contribution in [3.63, 3.8) is 0 Å². The Bertz CT molecular complexity index is 992. The molecule has 0 aliphatic rings. The summed E-state index contributed by atoms with van der Waals surface area (Å²) in [5.74, 6) is -0.655. The zero-order valence-corrected chi connectivity index (χ0v) is 17.1. The second kappa shape index (κ2) is 10.4. The number of hydrogen-bond donors (Lipinski definition) is 1. The predicted octanol–water partition coefficient (Wildman–Crippen LogP) is 4.42. The number of amides is 2. The average molecular weight is 420 g/mol. The van der Waals surface area contributed by atoms with Gasteiger partial charge in [0.1, 0.15) is 11.7 Å². The molecule has 5 nitrogen and oxygen atoms in total. The molecule has 0 aliphatic carbocycles. The summed E-state index contributed by atoms with van der Waals surface area (Å²) >= 11 is 6.03. The first-order chi connectivity index (χ1) is 14.6. The van der Waals surface area contributed by atoms with Gasteiger partial charge in [-0.2, -0.15) is 0 Å². The minimum absolute atomic E-state index is 0.182. The summed E-state index contributed by atoms with van der Waals surface area (Å²) in [5, 5.41) is 3.49. The minimum atomic E-state index is -0.863. The summed E-state index contributed by atoms with van der Waals surface area (Å²) in [6.07, 6.45) is 3.14. The third-order valence-corrected chi connectivity index (χ3v) is 4.78. The average Bonchev–Trinajstić information content (AvgIpc) is 2.79. The summed E-state index contributed by atoms with van der Waals surface area (Å²) < 4.78 is 0. The van der Waals surface area contributed by atoms with Crippen molar-refractivity contribution in [1.82, 2.24) is 15.2 Å². The van der Waals surface area contributed by atoms with Crippen molar-refractivity contribution in [1.29, 1.82) is 0 Å². The number of hydrogen-bond acceptors (Lipinski definition) is 3. The maximum Gasteiger partial charge on any atom is 0.273 e. The van der Waals surface area contributed by atoms with Gasteiger partial charge in [0.2, 0.25) is 5.91 Å². The third kappa shape index (κ3) is 5.33. The van der Waals surface area contributed by atoms with E-state index in [1.165, 1.54) is 4.90 Å². The van der Waals surface area contributed by atoms with Crippen molar-refractivity contribution in [2.24, 2.45) is 0 Å². The molecule has 0 radical (unpaired) electrons. The fourth-order valence-corrected chi connectivity index (χ4v) is 3.21. The number of pyridine rings is 1. The van der Waals surface area contributed by atoms with Crippen molar-refractivity contribution >= 4 is 23.4 Å². The number of nitrogens with one attached hydrogen (secondary N) is 1. The van der Waals surface area contributed by atoms with Gasteiger partial charge in [0.05, 0.1) is 0 Å². The van der Waals surface area contributed by atoms with Gasteiger partial charge < -0.3 is 10.2 Å². The molecule has 152 valence electrons. The van der Waals surface area contributed by atoms with E-state index < -0.39 is 6.04 Å². The standard InChI is InChI=1S/C24H22ClN3O2/c1-2-16-28(24(30)21-10-6-7-15-26-21)22(19-11-13-20(25)14-12-19)23(29)27-17-18-8-4-3-5-9-18/h2-15,22H,1,16-17H2,(H,27,29)/t22-/m0/s1. The second-order valence-electron chi connectivity index (χ2n) is 6.62. The molecule has 0 aliphatic heterocycles. The van der Waals surface area contributed by atoms with Gasteiger partial charge in [-0.15, -0.1) is 6.58 Å². The molecule has 6 heteroatoms. The van der Waals surface area contributed by atoms with Crippen LogP contribution in [0.15, 0.2) is 91.6 Å². The SMILES string of the molecule is C=CCN(C(=O)c1ccccn1)[C@H](C(=O)NCc1ccccc1)c1ccc(Cl)cc1. The van der Waals surface area contributed by atoms with Gasteiger partial charge in [-0.3, -0.25) is 14.6 Å². The highest BCUT2D eigenvalue weighted by atomic mass is 35.5. The second-order valence-corrected chi connectivity index (χ2v) is 7.06. The lowest BCUT2D eigenvalue weighted by molar-refractivity contribution is -0.126. The van der Waals surface area contributed by atoms with Crippen molar-refractivity contribution in [3.05, 3.63) is 113 Å². The van der Waals surface area contributed by atoms with Crippen LogP contribution in [0.2, 0.25) is 5.02 Å². The summed E-state index contributed by atoms with van der Waals surface area (Å²) in [6, 6.07) is 20.7. The fraction of sp³-hybridized carbons (Fsp3) is 0.125. The predicted molar refractivity (Wildman–Crippen MR) is 118 cm³/mol. The molecule has 1 atom stereocenters. The van der Waals surface area contributed by atoms with Crippen LogP contribution in [-0.2, 0) is 11.3 Å². The van der Waals surface area contributed by atoms with Crippen LogP contribution in [0.1, 0.15) is 27.7 Å². The molecule has 3 aromatic rings. The van der Waals surface area contributed by atoms with Crippen LogP contribution in [0.3, 0.4) is 0 Å². The van der Waals surface area contributed by atoms with E-state index in [2.05, 4.69) is 16.9 Å². The van der Waals surface area contributed by atoms with Crippen LogP contribution >= 0.6 is 11.6 Å². The number of rotatable bonds is 8. The Morgan fingerprint density at radius 2 is 1.73 bits per heavy atom. The number of carbonyl (C=O) groups excluding carboxylic acids is 2. The zero-order valence-electron chi connectivity index (χ0n) is 16.4. The number of nitrogens with zero attached hydrogens (tertiary/aromatic N) is 2. The van der Waals surface area contributed by atoms with Crippen LogP contribution in [-0.4, -0.2) is 28.2 Å². The van der Waals surface area contributed by atoms with Gasteiger partial charge in [-0.1, -0.05) is 66.2 Å². The normalized spacial score (nSPS) is 11.4. The van der Waals surface area contributed by atoms with Gasteiger partial charge in [0.25, 0.3) is 5.91 Å². The van der Waals surface area contributed by atoms with Crippen molar-refractivity contribution in [2.75, 3.05) is 6.54 Å². The number of benzene rings is 2. The van der Waals surface area contributed by atoms with Gasteiger partial charge in [0.15, 0.2) is 0 Å². The first-order valence-corrected chi connectivity index (χ1v) is 9.88. The first-order valence-electron chi connectivity index (χ1n) is 9.50. The Morgan fingerprint density at radius 3 is 2.37 bits per heavy atom. The van der Waals surface area contributed by atoms with E-state index in [1.807, 2.05) is 30.3 Å². The molecule has 0 spiro atoms. The van der Waals surface area contributed by atoms with E-state index in [4.69, 9.17) is 11.6 Å². The molecule has 1 heterocycles. The van der Waals surface area contributed by atoms with Gasteiger partial charge >= 0.3 is 0 Å². The van der Waals surface area contributed by atoms with Crippen LogP contribution in [0.4, 0.5) is 0 Å². The molecule has 0 fully saturated rings. The number of aromatic nitrogens is 1. The maximum absolute atomic E-state index is 13.3. The van der Waals surface area contributed by atoms with Crippen molar-refractivity contribution in [2.45, 2.75) is 12.6 Å². The summed E-state index contributed by atoms with van der Waals surface area (Å²) in [4.78, 5) is 32.1. The van der Waals surface area contributed by atoms with E-state index >= 15 is 0 Å². The molecule has 1 N–H and O–H groups in total. The van der Waals surface area contributed by atoms with E-state index in [1.54, 1.807) is 54.7 Å². The smallest absolute Gasteiger partial charge is 0.273 e. The molecule has 30 heavy (non-hydrogen) atoms. The maximum atomic E-state index is 13.3. The monoisotopic (exact) mass is 419 g/mol. The van der Waals surface area contributed by atoms with E-state index in [9.17, 15) is 9.59 Å². The number of carbonyl (C=O) groups is 2. The Hall–Kier alpha value is -3.44. The molecule has 3 rings (SSSR count). The lowest BCUT2D eigenvalue weighted by Gasteiger charge is -2.30. The largest absolute Gasteiger partial charge is 0.350 e. The highest BCUT2D eigenvalue weighted by molar-refractivity contribution is 6.30. The van der Waals surface area contributed by atoms with Crippen LogP contribution < -0.4 is 5.32 Å². The topological polar surface area (TPSA) is 62.3 Å². The molecule has 0 bridgehead atoms. The Kier molecular flexibility index (Phi) is 7.35. The molecule has 0 unspecified atom stereocenters. The van der Waals surface area contributed by atoms with E-state index in [-0.39, 0.29) is 24.1 Å². The molecule has 2 amide bonds.